The molecule has 2 saturated heterocycles. The van der Waals surface area contributed by atoms with Gasteiger partial charge in [-0.1, -0.05) is 6.07 Å². The Morgan fingerprint density at radius 2 is 2.00 bits per heavy atom. The maximum Gasteiger partial charge on any atom is 0.409 e. The Morgan fingerprint density at radius 1 is 1.14 bits per heavy atom. The molecule has 2 aliphatic rings. The van der Waals surface area contributed by atoms with Crippen LogP contribution in [0.3, 0.4) is 0 Å². The summed E-state index contributed by atoms with van der Waals surface area (Å²) in [6.07, 6.45) is -0.556. The molecular weight excluding hydrogens is 294 g/mol. The molecule has 22 heavy (non-hydrogen) atoms. The summed E-state index contributed by atoms with van der Waals surface area (Å²) in [5.74, 6) is -1.72. The number of halogens is 2. The number of carbonyl (C=O) groups excluding carboxylic acids is 1. The summed E-state index contributed by atoms with van der Waals surface area (Å²) >= 11 is 0. The molecule has 1 aromatic rings. The molecule has 0 aliphatic carbocycles. The molecule has 2 aliphatic heterocycles. The van der Waals surface area contributed by atoms with Crippen molar-refractivity contribution in [2.45, 2.75) is 6.10 Å². The van der Waals surface area contributed by atoms with E-state index >= 15 is 0 Å². The lowest BCUT2D eigenvalue weighted by molar-refractivity contribution is -0.0312. The van der Waals surface area contributed by atoms with Crippen LogP contribution in [0.4, 0.5) is 13.6 Å². The Morgan fingerprint density at radius 3 is 2.73 bits per heavy atom. The first-order chi connectivity index (χ1) is 10.6. The van der Waals surface area contributed by atoms with Crippen LogP contribution >= 0.6 is 0 Å². The van der Waals surface area contributed by atoms with Crippen molar-refractivity contribution in [3.63, 3.8) is 0 Å². The van der Waals surface area contributed by atoms with Crippen LogP contribution in [-0.4, -0.2) is 61.8 Å². The third-order valence-corrected chi connectivity index (χ3v) is 4.00. The second kappa shape index (κ2) is 6.58. The van der Waals surface area contributed by atoms with E-state index in [-0.39, 0.29) is 12.2 Å². The van der Waals surface area contributed by atoms with Gasteiger partial charge in [-0.25, -0.2) is 13.6 Å². The van der Waals surface area contributed by atoms with Crippen LogP contribution in [0.25, 0.3) is 0 Å². The van der Waals surface area contributed by atoms with Gasteiger partial charge in [-0.15, -0.1) is 0 Å². The maximum atomic E-state index is 13.3. The molecule has 2 fully saturated rings. The summed E-state index contributed by atoms with van der Waals surface area (Å²) in [5, 5.41) is 0. The van der Waals surface area contributed by atoms with Crippen molar-refractivity contribution < 1.29 is 23.0 Å². The molecule has 0 unspecified atom stereocenters. The van der Waals surface area contributed by atoms with Crippen molar-refractivity contribution in [1.29, 1.82) is 0 Å². The SMILES string of the molecule is O=C1OCCN1CCN1CCO[C@H](c2ccc(F)c(F)c2)C1. The Kier molecular flexibility index (Phi) is 4.54. The fourth-order valence-electron chi connectivity index (χ4n) is 2.71. The highest BCUT2D eigenvalue weighted by Gasteiger charge is 2.26. The molecule has 0 spiro atoms. The molecule has 1 aromatic carbocycles. The Balaban J connectivity index is 1.56. The minimum atomic E-state index is -0.863. The molecule has 120 valence electrons. The van der Waals surface area contributed by atoms with Gasteiger partial charge in [0, 0.05) is 26.2 Å². The van der Waals surface area contributed by atoms with E-state index in [1.165, 1.54) is 6.07 Å². The second-order valence-corrected chi connectivity index (χ2v) is 5.44. The number of rotatable bonds is 4. The van der Waals surface area contributed by atoms with Crippen molar-refractivity contribution in [3.05, 3.63) is 35.4 Å². The van der Waals surface area contributed by atoms with Crippen LogP contribution in [0.15, 0.2) is 18.2 Å². The van der Waals surface area contributed by atoms with Crippen LogP contribution in [-0.2, 0) is 9.47 Å². The highest BCUT2D eigenvalue weighted by molar-refractivity contribution is 5.69. The van der Waals surface area contributed by atoms with Gasteiger partial charge in [0.05, 0.1) is 19.3 Å². The quantitative estimate of drug-likeness (QED) is 0.850. The van der Waals surface area contributed by atoms with E-state index in [1.54, 1.807) is 11.0 Å². The summed E-state index contributed by atoms with van der Waals surface area (Å²) in [5.41, 5.74) is 0.629. The normalized spacial score (nSPS) is 22.9. The van der Waals surface area contributed by atoms with Crippen LogP contribution in [0.1, 0.15) is 11.7 Å². The summed E-state index contributed by atoms with van der Waals surface area (Å²) in [6, 6.07) is 3.85. The lowest BCUT2D eigenvalue weighted by atomic mass is 10.1. The molecule has 2 heterocycles. The molecular formula is C15H18F2N2O3. The second-order valence-electron chi connectivity index (χ2n) is 5.44. The highest BCUT2D eigenvalue weighted by atomic mass is 19.2. The number of benzene rings is 1. The predicted molar refractivity (Wildman–Crippen MR) is 74.4 cm³/mol. The van der Waals surface area contributed by atoms with Gasteiger partial charge in [0.2, 0.25) is 0 Å². The third kappa shape index (κ3) is 3.36. The summed E-state index contributed by atoms with van der Waals surface area (Å²) in [4.78, 5) is 15.2. The van der Waals surface area contributed by atoms with Gasteiger partial charge in [0.25, 0.3) is 0 Å². The zero-order chi connectivity index (χ0) is 15.5. The topological polar surface area (TPSA) is 42.0 Å². The lowest BCUT2D eigenvalue weighted by Gasteiger charge is -2.33. The lowest BCUT2D eigenvalue weighted by Crippen LogP contribution is -2.42. The average molecular weight is 312 g/mol. The van der Waals surface area contributed by atoms with Crippen LogP contribution < -0.4 is 0 Å². The third-order valence-electron chi connectivity index (χ3n) is 4.00. The zero-order valence-electron chi connectivity index (χ0n) is 12.1. The van der Waals surface area contributed by atoms with Crippen LogP contribution in [0.5, 0.6) is 0 Å². The van der Waals surface area contributed by atoms with Gasteiger partial charge in [-0.3, -0.25) is 4.90 Å². The van der Waals surface area contributed by atoms with Gasteiger partial charge in [-0.05, 0) is 17.7 Å². The van der Waals surface area contributed by atoms with E-state index in [0.717, 1.165) is 12.6 Å². The van der Waals surface area contributed by atoms with Gasteiger partial charge in [-0.2, -0.15) is 0 Å². The Bertz CT molecular complexity index is 556. The summed E-state index contributed by atoms with van der Waals surface area (Å²) < 4.78 is 36.9. The molecule has 0 N–H and O–H groups in total. The monoisotopic (exact) mass is 312 g/mol. The predicted octanol–water partition coefficient (Wildman–Crippen LogP) is 1.79. The molecule has 0 aromatic heterocycles. The number of cyclic esters (lactones) is 1. The smallest absolute Gasteiger partial charge is 0.409 e. The number of nitrogens with zero attached hydrogens (tertiary/aromatic N) is 2. The van der Waals surface area contributed by atoms with Crippen LogP contribution in [0.2, 0.25) is 0 Å². The first-order valence-corrected chi connectivity index (χ1v) is 7.34. The standard InChI is InChI=1S/C15H18F2N2O3/c16-12-2-1-11(9-13(12)17)14-10-18(5-7-21-14)3-4-19-6-8-22-15(19)20/h1-2,9,14H,3-8,10H2/t14-/m0/s1. The summed E-state index contributed by atoms with van der Waals surface area (Å²) in [7, 11) is 0. The van der Waals surface area contributed by atoms with E-state index in [4.69, 9.17) is 9.47 Å². The minimum Gasteiger partial charge on any atom is -0.448 e. The molecule has 1 amide bonds. The van der Waals surface area contributed by atoms with E-state index in [2.05, 4.69) is 4.90 Å². The number of amides is 1. The van der Waals surface area contributed by atoms with Crippen LogP contribution in [0, 0.1) is 11.6 Å². The number of carbonyl (C=O) groups is 1. The molecule has 1 atom stereocenters. The first-order valence-electron chi connectivity index (χ1n) is 7.34. The fourth-order valence-corrected chi connectivity index (χ4v) is 2.71. The van der Waals surface area contributed by atoms with E-state index in [0.29, 0.717) is 45.0 Å². The molecule has 7 heteroatoms. The number of morpholine rings is 1. The Hall–Kier alpha value is -1.73. The van der Waals surface area contributed by atoms with E-state index in [9.17, 15) is 13.6 Å². The van der Waals surface area contributed by atoms with E-state index in [1.807, 2.05) is 0 Å². The highest BCUT2D eigenvalue weighted by Crippen LogP contribution is 2.23. The van der Waals surface area contributed by atoms with Gasteiger partial charge >= 0.3 is 6.09 Å². The van der Waals surface area contributed by atoms with Gasteiger partial charge < -0.3 is 14.4 Å². The van der Waals surface area contributed by atoms with Crippen molar-refractivity contribution in [2.24, 2.45) is 0 Å². The van der Waals surface area contributed by atoms with Crippen molar-refractivity contribution in [3.8, 4) is 0 Å². The van der Waals surface area contributed by atoms with Crippen molar-refractivity contribution in [1.82, 2.24) is 9.80 Å². The largest absolute Gasteiger partial charge is 0.448 e. The molecule has 3 rings (SSSR count). The van der Waals surface area contributed by atoms with E-state index < -0.39 is 11.6 Å². The molecule has 0 saturated carbocycles. The number of hydrogen-bond donors (Lipinski definition) is 0. The van der Waals surface area contributed by atoms with Crippen molar-refractivity contribution in [2.75, 3.05) is 45.9 Å². The van der Waals surface area contributed by atoms with Gasteiger partial charge in [0.15, 0.2) is 11.6 Å². The van der Waals surface area contributed by atoms with Crippen molar-refractivity contribution >= 4 is 6.09 Å². The zero-order valence-corrected chi connectivity index (χ0v) is 12.1. The molecule has 0 radical (unpaired) electrons. The average Bonchev–Trinajstić information content (AvgIpc) is 2.93. The Labute approximate surface area is 127 Å². The molecule has 5 nitrogen and oxygen atoms in total. The fraction of sp³-hybridized carbons (Fsp3) is 0.533. The number of hydrogen-bond acceptors (Lipinski definition) is 4. The minimum absolute atomic E-state index is 0.273. The molecule has 0 bridgehead atoms. The van der Waals surface area contributed by atoms with Gasteiger partial charge in [0.1, 0.15) is 6.61 Å². The number of ether oxygens (including phenoxy) is 2. The maximum absolute atomic E-state index is 13.3. The first kappa shape index (κ1) is 15.2. The summed E-state index contributed by atoms with van der Waals surface area (Å²) in [6.45, 7) is 4.24.